The van der Waals surface area contributed by atoms with Gasteiger partial charge in [-0.2, -0.15) is 0 Å². The number of nitrogens with zero attached hydrogens (tertiary/aromatic N) is 3. The average Bonchev–Trinajstić information content (AvgIpc) is 2.46. The van der Waals surface area contributed by atoms with Gasteiger partial charge in [0, 0.05) is 25.0 Å². The number of ether oxygens (including phenoxy) is 1. The first-order valence-corrected chi connectivity index (χ1v) is 7.08. The highest BCUT2D eigenvalue weighted by Gasteiger charge is 2.40. The van der Waals surface area contributed by atoms with Gasteiger partial charge < -0.3 is 9.64 Å². The predicted molar refractivity (Wildman–Crippen MR) is 77.5 cm³/mol. The van der Waals surface area contributed by atoms with E-state index in [1.807, 2.05) is 26.8 Å². The topological polar surface area (TPSA) is 55.3 Å². The molecule has 1 atom stereocenters. The maximum atomic E-state index is 12.0. The highest BCUT2D eigenvalue weighted by Crippen LogP contribution is 2.35. The van der Waals surface area contributed by atoms with Crippen molar-refractivity contribution in [2.45, 2.75) is 33.6 Å². The van der Waals surface area contributed by atoms with E-state index >= 15 is 0 Å². The lowest BCUT2D eigenvalue weighted by Crippen LogP contribution is -2.45. The number of aryl methyl sites for hydroxylation is 1. The molecule has 0 radical (unpaired) electrons. The number of aromatic nitrogens is 2. The molecular formula is C15H23N3O2. The minimum atomic E-state index is -0.475. The Morgan fingerprint density at radius 3 is 2.90 bits per heavy atom. The van der Waals surface area contributed by atoms with Crippen LogP contribution >= 0.6 is 0 Å². The fourth-order valence-electron chi connectivity index (χ4n) is 2.77. The van der Waals surface area contributed by atoms with Crippen molar-refractivity contribution in [3.63, 3.8) is 0 Å². The highest BCUT2D eigenvalue weighted by atomic mass is 16.5. The Morgan fingerprint density at radius 2 is 2.25 bits per heavy atom. The molecule has 0 spiro atoms. The van der Waals surface area contributed by atoms with E-state index < -0.39 is 5.41 Å². The second kappa shape index (κ2) is 5.77. The van der Waals surface area contributed by atoms with Crippen LogP contribution in [0.1, 0.15) is 32.4 Å². The number of rotatable bonds is 3. The van der Waals surface area contributed by atoms with E-state index in [0.29, 0.717) is 0 Å². The fraction of sp³-hybridized carbons (Fsp3) is 0.667. The Labute approximate surface area is 120 Å². The van der Waals surface area contributed by atoms with Gasteiger partial charge in [-0.05, 0) is 45.6 Å². The maximum absolute atomic E-state index is 12.0. The van der Waals surface area contributed by atoms with Crippen molar-refractivity contribution < 1.29 is 9.53 Å². The number of hydrogen-bond donors (Lipinski definition) is 0. The molecule has 1 saturated heterocycles. The summed E-state index contributed by atoms with van der Waals surface area (Å²) < 4.78 is 4.94. The van der Waals surface area contributed by atoms with Gasteiger partial charge in [0.05, 0.1) is 12.5 Å². The maximum Gasteiger partial charge on any atom is 0.311 e. The minimum Gasteiger partial charge on any atom is -0.469 e. The van der Waals surface area contributed by atoms with E-state index in [0.717, 1.165) is 37.6 Å². The van der Waals surface area contributed by atoms with E-state index in [-0.39, 0.29) is 11.9 Å². The van der Waals surface area contributed by atoms with Crippen molar-refractivity contribution in [1.29, 1.82) is 0 Å². The van der Waals surface area contributed by atoms with E-state index in [4.69, 9.17) is 4.74 Å². The minimum absolute atomic E-state index is 0.144. The molecule has 1 unspecified atom stereocenters. The summed E-state index contributed by atoms with van der Waals surface area (Å²) in [6.45, 7) is 7.63. The number of piperidine rings is 1. The molecule has 1 aliphatic heterocycles. The van der Waals surface area contributed by atoms with Crippen molar-refractivity contribution >= 4 is 11.9 Å². The van der Waals surface area contributed by atoms with Crippen LogP contribution in [0.3, 0.4) is 0 Å². The summed E-state index contributed by atoms with van der Waals surface area (Å²) in [5.41, 5.74) is 0.487. The van der Waals surface area contributed by atoms with Gasteiger partial charge in [0.2, 0.25) is 5.95 Å². The van der Waals surface area contributed by atoms with Crippen LogP contribution in [0.5, 0.6) is 0 Å². The van der Waals surface area contributed by atoms with Gasteiger partial charge in [0.25, 0.3) is 0 Å². The van der Waals surface area contributed by atoms with Gasteiger partial charge in [-0.1, -0.05) is 0 Å². The Morgan fingerprint density at radius 1 is 1.50 bits per heavy atom. The lowest BCUT2D eigenvalue weighted by atomic mass is 9.74. The first-order chi connectivity index (χ1) is 9.45. The third-order valence-electron chi connectivity index (χ3n) is 4.22. The van der Waals surface area contributed by atoms with Gasteiger partial charge in [-0.15, -0.1) is 0 Å². The smallest absolute Gasteiger partial charge is 0.311 e. The van der Waals surface area contributed by atoms with Gasteiger partial charge in [0.1, 0.15) is 0 Å². The number of anilines is 1. The van der Waals surface area contributed by atoms with Crippen LogP contribution < -0.4 is 4.90 Å². The van der Waals surface area contributed by atoms with Gasteiger partial charge >= 0.3 is 5.97 Å². The predicted octanol–water partition coefficient (Wildman–Crippen LogP) is 2.20. The van der Waals surface area contributed by atoms with Crippen LogP contribution in [0.2, 0.25) is 0 Å². The Kier molecular flexibility index (Phi) is 4.26. The van der Waals surface area contributed by atoms with Crippen LogP contribution in [0.4, 0.5) is 5.95 Å². The average molecular weight is 277 g/mol. The summed E-state index contributed by atoms with van der Waals surface area (Å²) in [5.74, 6) is 0.873. The second-order valence-electron chi connectivity index (χ2n) is 6.00. The van der Waals surface area contributed by atoms with Crippen molar-refractivity contribution in [1.82, 2.24) is 9.97 Å². The molecule has 1 aromatic rings. The third kappa shape index (κ3) is 2.92. The summed E-state index contributed by atoms with van der Waals surface area (Å²) >= 11 is 0. The molecule has 110 valence electrons. The quantitative estimate of drug-likeness (QED) is 0.793. The summed E-state index contributed by atoms with van der Waals surface area (Å²) in [7, 11) is 1.45. The number of methoxy groups -OCH3 is 1. The molecule has 1 aromatic heterocycles. The van der Waals surface area contributed by atoms with Crippen LogP contribution in [0.15, 0.2) is 12.3 Å². The molecule has 2 heterocycles. The van der Waals surface area contributed by atoms with Crippen LogP contribution in [0, 0.1) is 18.3 Å². The molecule has 5 heteroatoms. The zero-order valence-corrected chi connectivity index (χ0v) is 12.7. The van der Waals surface area contributed by atoms with Crippen LogP contribution in [-0.4, -0.2) is 36.1 Å². The molecule has 5 nitrogen and oxygen atoms in total. The van der Waals surface area contributed by atoms with E-state index in [2.05, 4.69) is 14.9 Å². The van der Waals surface area contributed by atoms with Gasteiger partial charge in [-0.3, -0.25) is 4.79 Å². The van der Waals surface area contributed by atoms with Gasteiger partial charge in [0.15, 0.2) is 0 Å². The first kappa shape index (κ1) is 14.8. The number of carbonyl (C=O) groups is 1. The zero-order valence-electron chi connectivity index (χ0n) is 12.7. The molecular weight excluding hydrogens is 254 g/mol. The molecule has 0 aliphatic carbocycles. The van der Waals surface area contributed by atoms with E-state index in [9.17, 15) is 4.79 Å². The largest absolute Gasteiger partial charge is 0.469 e. The molecule has 0 aromatic carbocycles. The SMILES string of the molecule is COC(=O)C(C)(C)C1CCCN(c2nccc(C)n2)C1. The van der Waals surface area contributed by atoms with Crippen molar-refractivity contribution in [3.8, 4) is 0 Å². The Balaban J connectivity index is 2.15. The summed E-state index contributed by atoms with van der Waals surface area (Å²) in [5, 5.41) is 0. The molecule has 0 bridgehead atoms. The molecule has 0 amide bonds. The monoisotopic (exact) mass is 277 g/mol. The standard InChI is InChI=1S/C15H23N3O2/c1-11-7-8-16-14(17-11)18-9-5-6-12(10-18)15(2,3)13(19)20-4/h7-8,12H,5-6,9-10H2,1-4H3. The normalized spacial score (nSPS) is 19.8. The molecule has 0 saturated carbocycles. The van der Waals surface area contributed by atoms with Crippen molar-refractivity contribution in [2.75, 3.05) is 25.1 Å². The third-order valence-corrected chi connectivity index (χ3v) is 4.22. The molecule has 2 rings (SSSR count). The molecule has 1 aliphatic rings. The zero-order chi connectivity index (χ0) is 14.8. The molecule has 20 heavy (non-hydrogen) atoms. The van der Waals surface area contributed by atoms with Crippen LogP contribution in [0.25, 0.3) is 0 Å². The van der Waals surface area contributed by atoms with Crippen molar-refractivity contribution in [3.05, 3.63) is 18.0 Å². The first-order valence-electron chi connectivity index (χ1n) is 7.08. The van der Waals surface area contributed by atoms with Crippen molar-refractivity contribution in [2.24, 2.45) is 11.3 Å². The summed E-state index contributed by atoms with van der Waals surface area (Å²) in [6.07, 6.45) is 3.86. The molecule has 1 fully saturated rings. The summed E-state index contributed by atoms with van der Waals surface area (Å²) in [4.78, 5) is 23.0. The molecule has 0 N–H and O–H groups in total. The van der Waals surface area contributed by atoms with Gasteiger partial charge in [-0.25, -0.2) is 9.97 Å². The summed E-state index contributed by atoms with van der Waals surface area (Å²) in [6, 6.07) is 1.89. The highest BCUT2D eigenvalue weighted by molar-refractivity contribution is 5.76. The lowest BCUT2D eigenvalue weighted by molar-refractivity contribution is -0.154. The lowest BCUT2D eigenvalue weighted by Gasteiger charge is -2.39. The number of carbonyl (C=O) groups excluding carboxylic acids is 1. The second-order valence-corrected chi connectivity index (χ2v) is 6.00. The Bertz CT molecular complexity index is 488. The van der Waals surface area contributed by atoms with Crippen LogP contribution in [-0.2, 0) is 9.53 Å². The fourth-order valence-corrected chi connectivity index (χ4v) is 2.77. The van der Waals surface area contributed by atoms with E-state index in [1.54, 1.807) is 6.20 Å². The number of hydrogen-bond acceptors (Lipinski definition) is 5. The number of esters is 1. The Hall–Kier alpha value is -1.65. The van der Waals surface area contributed by atoms with E-state index in [1.165, 1.54) is 7.11 Å².